The normalized spacial score (nSPS) is 16.2. The summed E-state index contributed by atoms with van der Waals surface area (Å²) in [6.07, 6.45) is 1.06. The molecule has 0 spiro atoms. The van der Waals surface area contributed by atoms with Crippen LogP contribution >= 0.6 is 15.9 Å². The molecule has 1 unspecified atom stereocenters. The van der Waals surface area contributed by atoms with Gasteiger partial charge in [0.25, 0.3) is 5.91 Å². The number of fused-ring (bicyclic) bond motifs is 1. The Balaban J connectivity index is 1.64. The summed E-state index contributed by atoms with van der Waals surface area (Å²) >= 11 is 3.45. The molecule has 1 aliphatic rings. The number of benzene rings is 2. The van der Waals surface area contributed by atoms with Crippen LogP contribution in [0.2, 0.25) is 0 Å². The molecule has 2 aromatic rings. The van der Waals surface area contributed by atoms with Gasteiger partial charge < -0.3 is 5.32 Å². The molecule has 1 N–H and O–H groups in total. The highest BCUT2D eigenvalue weighted by Gasteiger charge is 2.25. The molecule has 0 aliphatic heterocycles. The minimum atomic E-state index is -0.0127. The first kappa shape index (κ1) is 13.4. The summed E-state index contributed by atoms with van der Waals surface area (Å²) in [7, 11) is 0. The van der Waals surface area contributed by atoms with Crippen molar-refractivity contribution in [3.8, 4) is 0 Å². The number of hydrogen-bond acceptors (Lipinski definition) is 1. The zero-order valence-electron chi connectivity index (χ0n) is 11.3. The minimum absolute atomic E-state index is 0.0127. The van der Waals surface area contributed by atoms with Crippen molar-refractivity contribution in [1.82, 2.24) is 5.32 Å². The Kier molecular flexibility index (Phi) is 3.62. The number of carbonyl (C=O) groups excluding carboxylic acids is 1. The second kappa shape index (κ2) is 5.41. The van der Waals surface area contributed by atoms with Crippen LogP contribution < -0.4 is 5.32 Å². The molecule has 3 heteroatoms. The van der Waals surface area contributed by atoms with Gasteiger partial charge in [-0.15, -0.1) is 0 Å². The van der Waals surface area contributed by atoms with Gasteiger partial charge in [0.2, 0.25) is 0 Å². The van der Waals surface area contributed by atoms with E-state index in [2.05, 4.69) is 45.5 Å². The second-order valence-corrected chi connectivity index (χ2v) is 6.15. The van der Waals surface area contributed by atoms with Crippen molar-refractivity contribution < 1.29 is 4.79 Å². The Labute approximate surface area is 127 Å². The third kappa shape index (κ3) is 2.50. The monoisotopic (exact) mass is 329 g/mol. The molecular weight excluding hydrogens is 314 g/mol. The van der Waals surface area contributed by atoms with E-state index in [4.69, 9.17) is 0 Å². The van der Waals surface area contributed by atoms with E-state index in [1.165, 1.54) is 11.1 Å². The Morgan fingerprint density at radius 3 is 2.85 bits per heavy atom. The maximum atomic E-state index is 12.2. The van der Waals surface area contributed by atoms with Crippen LogP contribution in [0.3, 0.4) is 0 Å². The van der Waals surface area contributed by atoms with Gasteiger partial charge in [0, 0.05) is 16.9 Å². The number of amides is 1. The van der Waals surface area contributed by atoms with Gasteiger partial charge in [-0.3, -0.25) is 4.79 Å². The van der Waals surface area contributed by atoms with E-state index in [0.29, 0.717) is 18.0 Å². The van der Waals surface area contributed by atoms with Gasteiger partial charge in [0.1, 0.15) is 0 Å². The standard InChI is InChI=1S/C17H16BrNO/c1-11-6-7-15(16(18)8-11)17(20)19-10-13-9-12-4-2-3-5-14(12)13/h2-8,13H,9-10H2,1H3,(H,19,20). The molecule has 0 heterocycles. The van der Waals surface area contributed by atoms with Crippen LogP contribution in [0.25, 0.3) is 0 Å². The Morgan fingerprint density at radius 1 is 1.30 bits per heavy atom. The lowest BCUT2D eigenvalue weighted by molar-refractivity contribution is 0.0949. The van der Waals surface area contributed by atoms with Crippen molar-refractivity contribution >= 4 is 21.8 Å². The fraction of sp³-hybridized carbons (Fsp3) is 0.235. The van der Waals surface area contributed by atoms with Crippen LogP contribution in [-0.2, 0) is 6.42 Å². The van der Waals surface area contributed by atoms with Crippen molar-refractivity contribution in [1.29, 1.82) is 0 Å². The molecule has 0 saturated heterocycles. The predicted molar refractivity (Wildman–Crippen MR) is 84.1 cm³/mol. The first-order valence-electron chi connectivity index (χ1n) is 6.77. The SMILES string of the molecule is Cc1ccc(C(=O)NCC2Cc3ccccc32)c(Br)c1. The number of rotatable bonds is 3. The number of aryl methyl sites for hydroxylation is 1. The Hall–Kier alpha value is -1.61. The summed E-state index contributed by atoms with van der Waals surface area (Å²) < 4.78 is 0.851. The highest BCUT2D eigenvalue weighted by molar-refractivity contribution is 9.10. The van der Waals surface area contributed by atoms with Crippen LogP contribution in [0.15, 0.2) is 46.9 Å². The van der Waals surface area contributed by atoms with E-state index in [1.54, 1.807) is 0 Å². The van der Waals surface area contributed by atoms with Crippen molar-refractivity contribution in [3.05, 3.63) is 69.2 Å². The van der Waals surface area contributed by atoms with Crippen molar-refractivity contribution in [3.63, 3.8) is 0 Å². The van der Waals surface area contributed by atoms with Gasteiger partial charge in [-0.1, -0.05) is 30.3 Å². The predicted octanol–water partition coefficient (Wildman–Crippen LogP) is 3.83. The van der Waals surface area contributed by atoms with Crippen LogP contribution in [0, 0.1) is 6.92 Å². The zero-order chi connectivity index (χ0) is 14.1. The van der Waals surface area contributed by atoms with Gasteiger partial charge in [-0.2, -0.15) is 0 Å². The molecule has 0 aromatic heterocycles. The minimum Gasteiger partial charge on any atom is -0.351 e. The van der Waals surface area contributed by atoms with E-state index in [-0.39, 0.29) is 5.91 Å². The molecule has 0 bridgehead atoms. The van der Waals surface area contributed by atoms with Gasteiger partial charge in [-0.05, 0) is 58.1 Å². The van der Waals surface area contributed by atoms with Gasteiger partial charge in [-0.25, -0.2) is 0 Å². The number of nitrogens with one attached hydrogen (secondary N) is 1. The van der Waals surface area contributed by atoms with Gasteiger partial charge >= 0.3 is 0 Å². The molecule has 20 heavy (non-hydrogen) atoms. The lowest BCUT2D eigenvalue weighted by Crippen LogP contribution is -2.33. The summed E-state index contributed by atoms with van der Waals surface area (Å²) in [5.41, 5.74) is 4.61. The fourth-order valence-electron chi connectivity index (χ4n) is 2.66. The van der Waals surface area contributed by atoms with Crippen molar-refractivity contribution in [2.75, 3.05) is 6.54 Å². The first-order chi connectivity index (χ1) is 9.65. The lowest BCUT2D eigenvalue weighted by Gasteiger charge is -2.30. The first-order valence-corrected chi connectivity index (χ1v) is 7.56. The number of carbonyl (C=O) groups is 1. The molecule has 0 radical (unpaired) electrons. The van der Waals surface area contributed by atoms with Crippen LogP contribution in [0.5, 0.6) is 0 Å². The molecule has 1 amide bonds. The highest BCUT2D eigenvalue weighted by Crippen LogP contribution is 2.34. The maximum absolute atomic E-state index is 12.2. The molecule has 1 atom stereocenters. The molecule has 102 valence electrons. The number of hydrogen-bond donors (Lipinski definition) is 1. The molecule has 0 fully saturated rings. The zero-order valence-corrected chi connectivity index (χ0v) is 12.9. The van der Waals surface area contributed by atoms with E-state index in [0.717, 1.165) is 16.5 Å². The summed E-state index contributed by atoms with van der Waals surface area (Å²) in [4.78, 5) is 12.2. The highest BCUT2D eigenvalue weighted by atomic mass is 79.9. The fourth-order valence-corrected chi connectivity index (χ4v) is 3.33. The van der Waals surface area contributed by atoms with E-state index < -0.39 is 0 Å². The molecule has 3 rings (SSSR count). The average Bonchev–Trinajstić information content (AvgIpc) is 2.39. The largest absolute Gasteiger partial charge is 0.351 e. The van der Waals surface area contributed by atoms with Crippen LogP contribution in [0.4, 0.5) is 0 Å². The summed E-state index contributed by atoms with van der Waals surface area (Å²) in [6, 6.07) is 14.2. The average molecular weight is 330 g/mol. The topological polar surface area (TPSA) is 29.1 Å². The quantitative estimate of drug-likeness (QED) is 0.911. The van der Waals surface area contributed by atoms with Crippen molar-refractivity contribution in [2.24, 2.45) is 0 Å². The molecular formula is C17H16BrNO. The van der Waals surface area contributed by atoms with E-state index >= 15 is 0 Å². The molecule has 1 aliphatic carbocycles. The summed E-state index contributed by atoms with van der Waals surface area (Å²) in [5.74, 6) is 0.445. The van der Waals surface area contributed by atoms with E-state index in [1.807, 2.05) is 25.1 Å². The smallest absolute Gasteiger partial charge is 0.252 e. The second-order valence-electron chi connectivity index (χ2n) is 5.29. The summed E-state index contributed by atoms with van der Waals surface area (Å²) in [6.45, 7) is 2.72. The van der Waals surface area contributed by atoms with Crippen LogP contribution in [0.1, 0.15) is 33.0 Å². The van der Waals surface area contributed by atoms with Crippen molar-refractivity contribution in [2.45, 2.75) is 19.3 Å². The van der Waals surface area contributed by atoms with Gasteiger partial charge in [0.15, 0.2) is 0 Å². The molecule has 2 aromatic carbocycles. The lowest BCUT2D eigenvalue weighted by atomic mass is 9.77. The molecule has 2 nitrogen and oxygen atoms in total. The Bertz CT molecular complexity index is 666. The number of halogens is 1. The molecule has 0 saturated carbocycles. The third-order valence-corrected chi connectivity index (χ3v) is 4.50. The third-order valence-electron chi connectivity index (χ3n) is 3.84. The van der Waals surface area contributed by atoms with E-state index in [9.17, 15) is 4.79 Å². The maximum Gasteiger partial charge on any atom is 0.252 e. The van der Waals surface area contributed by atoms with Crippen LogP contribution in [-0.4, -0.2) is 12.5 Å². The van der Waals surface area contributed by atoms with Gasteiger partial charge in [0.05, 0.1) is 5.56 Å². The Morgan fingerprint density at radius 2 is 2.10 bits per heavy atom. The summed E-state index contributed by atoms with van der Waals surface area (Å²) in [5, 5.41) is 3.03.